The van der Waals surface area contributed by atoms with E-state index in [9.17, 15) is 9.18 Å². The number of aromatic nitrogens is 1. The summed E-state index contributed by atoms with van der Waals surface area (Å²) >= 11 is 0. The van der Waals surface area contributed by atoms with Gasteiger partial charge in [0.05, 0.1) is 24.3 Å². The zero-order chi connectivity index (χ0) is 15.2. The van der Waals surface area contributed by atoms with Crippen LogP contribution in [0.4, 0.5) is 10.2 Å². The molecule has 112 valence electrons. The Kier molecular flexibility index (Phi) is 5.09. The van der Waals surface area contributed by atoms with Crippen LogP contribution in [-0.4, -0.2) is 34.9 Å². The van der Waals surface area contributed by atoms with Crippen molar-refractivity contribution in [1.82, 2.24) is 9.88 Å². The molecular weight excluding hydrogens is 271 g/mol. The largest absolute Gasteiger partial charge is 0.369 e. The molecule has 0 aliphatic heterocycles. The molecule has 1 heterocycles. The maximum atomic E-state index is 13.4. The highest BCUT2D eigenvalue weighted by molar-refractivity contribution is 5.99. The molecule has 2 rings (SSSR count). The van der Waals surface area contributed by atoms with Crippen molar-refractivity contribution in [3.05, 3.63) is 23.6 Å². The predicted molar refractivity (Wildman–Crippen MR) is 77.3 cm³/mol. The van der Waals surface area contributed by atoms with Gasteiger partial charge in [0.25, 0.3) is 5.91 Å². The van der Waals surface area contributed by atoms with Crippen LogP contribution in [0.3, 0.4) is 0 Å². The smallest absolute Gasteiger partial charge is 0.257 e. The number of anilines is 1. The van der Waals surface area contributed by atoms with Gasteiger partial charge >= 0.3 is 0 Å². The molecule has 0 unspecified atom stereocenters. The van der Waals surface area contributed by atoms with Gasteiger partial charge in [-0.15, -0.1) is 0 Å². The molecule has 6 heteroatoms. The summed E-state index contributed by atoms with van der Waals surface area (Å²) in [5.41, 5.74) is 0.244. The number of halogens is 1. The fourth-order valence-corrected chi connectivity index (χ4v) is 2.15. The molecule has 1 fully saturated rings. The Labute approximate surface area is 123 Å². The van der Waals surface area contributed by atoms with Crippen molar-refractivity contribution in [2.45, 2.75) is 38.6 Å². The standard InChI is InChI=1S/C15H19FN4O/c1-2-7-18-14-13(9-11(16)10-19-14)15(21)20(8-3-6-17)12-4-5-12/h9-10,12H,2-5,7-8H2,1H3,(H,18,19). The number of nitrogens with zero attached hydrogens (tertiary/aromatic N) is 3. The minimum atomic E-state index is -0.531. The van der Waals surface area contributed by atoms with Crippen LogP contribution in [0.15, 0.2) is 12.3 Å². The molecule has 0 spiro atoms. The van der Waals surface area contributed by atoms with E-state index in [1.165, 1.54) is 6.07 Å². The highest BCUT2D eigenvalue weighted by Crippen LogP contribution is 2.29. The number of pyridine rings is 1. The van der Waals surface area contributed by atoms with E-state index in [1.807, 2.05) is 13.0 Å². The Morgan fingerprint density at radius 3 is 3.00 bits per heavy atom. The lowest BCUT2D eigenvalue weighted by Crippen LogP contribution is -2.34. The Balaban J connectivity index is 2.23. The molecule has 21 heavy (non-hydrogen) atoms. The van der Waals surface area contributed by atoms with Gasteiger partial charge in [0.2, 0.25) is 0 Å². The van der Waals surface area contributed by atoms with Crippen LogP contribution in [0.5, 0.6) is 0 Å². The van der Waals surface area contributed by atoms with E-state index in [4.69, 9.17) is 5.26 Å². The van der Waals surface area contributed by atoms with E-state index in [1.54, 1.807) is 4.90 Å². The predicted octanol–water partition coefficient (Wildman–Crippen LogP) is 2.56. The molecular formula is C15H19FN4O. The van der Waals surface area contributed by atoms with Crippen molar-refractivity contribution in [3.8, 4) is 6.07 Å². The number of nitrogens with one attached hydrogen (secondary N) is 1. The monoisotopic (exact) mass is 290 g/mol. The maximum Gasteiger partial charge on any atom is 0.257 e. The average molecular weight is 290 g/mol. The Morgan fingerprint density at radius 2 is 2.38 bits per heavy atom. The normalized spacial score (nSPS) is 13.6. The average Bonchev–Trinajstić information content (AvgIpc) is 3.31. The van der Waals surface area contributed by atoms with Crippen LogP contribution in [-0.2, 0) is 0 Å². The van der Waals surface area contributed by atoms with Crippen molar-refractivity contribution in [2.24, 2.45) is 0 Å². The molecule has 0 bridgehead atoms. The molecule has 0 atom stereocenters. The van der Waals surface area contributed by atoms with Crippen molar-refractivity contribution in [1.29, 1.82) is 5.26 Å². The molecule has 1 aliphatic rings. The van der Waals surface area contributed by atoms with Crippen LogP contribution < -0.4 is 5.32 Å². The van der Waals surface area contributed by atoms with E-state index in [0.29, 0.717) is 18.9 Å². The van der Waals surface area contributed by atoms with Crippen molar-refractivity contribution >= 4 is 11.7 Å². The summed E-state index contributed by atoms with van der Waals surface area (Å²) in [4.78, 5) is 18.3. The molecule has 1 amide bonds. The van der Waals surface area contributed by atoms with Crippen molar-refractivity contribution < 1.29 is 9.18 Å². The molecule has 1 aromatic rings. The molecule has 0 radical (unpaired) electrons. The van der Waals surface area contributed by atoms with Gasteiger partial charge < -0.3 is 10.2 Å². The lowest BCUT2D eigenvalue weighted by Gasteiger charge is -2.22. The van der Waals surface area contributed by atoms with Crippen LogP contribution in [0.25, 0.3) is 0 Å². The van der Waals surface area contributed by atoms with E-state index < -0.39 is 5.82 Å². The number of carbonyl (C=O) groups is 1. The summed E-state index contributed by atoms with van der Waals surface area (Å²) < 4.78 is 13.4. The van der Waals surface area contributed by atoms with Gasteiger partial charge in [0, 0.05) is 19.1 Å². The third kappa shape index (κ3) is 3.91. The third-order valence-corrected chi connectivity index (χ3v) is 3.34. The van der Waals surface area contributed by atoms with Crippen molar-refractivity contribution in [3.63, 3.8) is 0 Å². The number of rotatable bonds is 7. The SMILES string of the molecule is CCCNc1ncc(F)cc1C(=O)N(CCC#N)C1CC1. The van der Waals surface area contributed by atoms with Gasteiger partial charge in [-0.25, -0.2) is 9.37 Å². The highest BCUT2D eigenvalue weighted by Gasteiger charge is 2.33. The molecule has 1 aliphatic carbocycles. The zero-order valence-electron chi connectivity index (χ0n) is 12.1. The minimum absolute atomic E-state index is 0.174. The molecule has 0 aromatic carbocycles. The summed E-state index contributed by atoms with van der Waals surface area (Å²) in [5, 5.41) is 11.8. The fourth-order valence-electron chi connectivity index (χ4n) is 2.15. The lowest BCUT2D eigenvalue weighted by molar-refractivity contribution is 0.0747. The number of nitriles is 1. The summed E-state index contributed by atoms with van der Waals surface area (Å²) in [6, 6.07) is 3.44. The second kappa shape index (κ2) is 7.02. The second-order valence-corrected chi connectivity index (χ2v) is 5.11. The lowest BCUT2D eigenvalue weighted by atomic mass is 10.2. The summed E-state index contributed by atoms with van der Waals surface area (Å²) in [6.45, 7) is 3.05. The zero-order valence-corrected chi connectivity index (χ0v) is 12.1. The van der Waals surface area contributed by atoms with Crippen LogP contribution in [0.2, 0.25) is 0 Å². The first kappa shape index (κ1) is 15.2. The number of carbonyl (C=O) groups excluding carboxylic acids is 1. The Morgan fingerprint density at radius 1 is 1.62 bits per heavy atom. The van der Waals surface area contributed by atoms with Gasteiger partial charge in [-0.3, -0.25) is 4.79 Å². The summed E-state index contributed by atoms with van der Waals surface area (Å²) in [5.74, 6) is -0.374. The van der Waals surface area contributed by atoms with Crippen LogP contribution in [0.1, 0.15) is 43.0 Å². The molecule has 1 N–H and O–H groups in total. The van der Waals surface area contributed by atoms with Gasteiger partial charge in [-0.2, -0.15) is 5.26 Å². The first-order chi connectivity index (χ1) is 10.2. The Hall–Kier alpha value is -2.16. The summed E-state index contributed by atoms with van der Waals surface area (Å²) in [6.07, 6.45) is 4.15. The molecule has 5 nitrogen and oxygen atoms in total. The van der Waals surface area contributed by atoms with E-state index in [-0.39, 0.29) is 23.9 Å². The first-order valence-electron chi connectivity index (χ1n) is 7.24. The third-order valence-electron chi connectivity index (χ3n) is 3.34. The van der Waals surface area contributed by atoms with Gasteiger partial charge in [0.15, 0.2) is 0 Å². The number of amides is 1. The first-order valence-corrected chi connectivity index (χ1v) is 7.24. The van der Waals surface area contributed by atoms with Gasteiger partial charge in [-0.05, 0) is 25.3 Å². The topological polar surface area (TPSA) is 69.0 Å². The second-order valence-electron chi connectivity index (χ2n) is 5.11. The van der Waals surface area contributed by atoms with Crippen molar-refractivity contribution in [2.75, 3.05) is 18.4 Å². The van der Waals surface area contributed by atoms with E-state index in [0.717, 1.165) is 25.5 Å². The van der Waals surface area contributed by atoms with Crippen LogP contribution >= 0.6 is 0 Å². The Bertz CT molecular complexity index is 551. The summed E-state index contributed by atoms with van der Waals surface area (Å²) in [7, 11) is 0. The maximum absolute atomic E-state index is 13.4. The molecule has 1 saturated carbocycles. The van der Waals surface area contributed by atoms with Gasteiger partial charge in [0.1, 0.15) is 11.6 Å². The number of hydrogen-bond donors (Lipinski definition) is 1. The minimum Gasteiger partial charge on any atom is -0.369 e. The highest BCUT2D eigenvalue weighted by atomic mass is 19.1. The van der Waals surface area contributed by atoms with E-state index in [2.05, 4.69) is 10.3 Å². The number of hydrogen-bond acceptors (Lipinski definition) is 4. The van der Waals surface area contributed by atoms with E-state index >= 15 is 0 Å². The molecule has 1 aromatic heterocycles. The molecule has 0 saturated heterocycles. The van der Waals surface area contributed by atoms with Crippen LogP contribution in [0, 0.1) is 17.1 Å². The quantitative estimate of drug-likeness (QED) is 0.838. The fraction of sp³-hybridized carbons (Fsp3) is 0.533. The van der Waals surface area contributed by atoms with Gasteiger partial charge in [-0.1, -0.05) is 6.92 Å².